The molecule has 0 N–H and O–H groups in total. The Morgan fingerprint density at radius 2 is 2.13 bits per heavy atom. The van der Waals surface area contributed by atoms with Crippen LogP contribution in [0.2, 0.25) is 0 Å². The highest BCUT2D eigenvalue weighted by atomic mass is 32.2. The Bertz CT molecular complexity index is 692. The van der Waals surface area contributed by atoms with Crippen LogP contribution >= 0.6 is 12.0 Å². The molecule has 0 atom stereocenters. The first-order chi connectivity index (χ1) is 10.9. The number of ether oxygens (including phenoxy) is 1. The molecule has 0 radical (unpaired) electrons. The summed E-state index contributed by atoms with van der Waals surface area (Å²) >= 11 is -0.601. The van der Waals surface area contributed by atoms with E-state index >= 15 is 0 Å². The van der Waals surface area contributed by atoms with Crippen molar-refractivity contribution >= 4 is 23.8 Å². The maximum atomic E-state index is 12.3. The molecular formula is C15H12F3NO3S. The highest BCUT2D eigenvalue weighted by molar-refractivity contribution is 7.95. The normalized spacial score (nSPS) is 14.1. The molecule has 1 aliphatic carbocycles. The minimum absolute atomic E-state index is 0.0315. The van der Waals surface area contributed by atoms with Crippen LogP contribution < -0.4 is 0 Å². The number of benzene rings is 1. The summed E-state index contributed by atoms with van der Waals surface area (Å²) in [5.41, 5.74) is -3.36. The molecule has 122 valence electrons. The van der Waals surface area contributed by atoms with Crippen LogP contribution in [0.5, 0.6) is 0 Å². The molecule has 0 bridgehead atoms. The first kappa shape index (κ1) is 17.2. The lowest BCUT2D eigenvalue weighted by molar-refractivity contribution is -0.0375. The molecule has 0 saturated heterocycles. The lowest BCUT2D eigenvalue weighted by Crippen LogP contribution is -2.08. The number of aryl methyl sites for hydroxylation is 1. The van der Waals surface area contributed by atoms with Crippen molar-refractivity contribution in [3.8, 4) is 6.07 Å². The summed E-state index contributed by atoms with van der Waals surface area (Å²) in [6, 6.07) is 4.72. The quantitative estimate of drug-likeness (QED) is 0.608. The van der Waals surface area contributed by atoms with Crippen LogP contribution in [-0.2, 0) is 15.3 Å². The fourth-order valence-electron chi connectivity index (χ4n) is 2.26. The van der Waals surface area contributed by atoms with Crippen molar-refractivity contribution in [2.24, 2.45) is 0 Å². The fourth-order valence-corrected chi connectivity index (χ4v) is 2.60. The molecular weight excluding hydrogens is 331 g/mol. The second-order valence-electron chi connectivity index (χ2n) is 4.73. The van der Waals surface area contributed by atoms with Gasteiger partial charge in [-0.2, -0.15) is 18.4 Å². The topological polar surface area (TPSA) is 59.3 Å². The Kier molecular flexibility index (Phi) is 5.21. The van der Waals surface area contributed by atoms with Gasteiger partial charge in [0.15, 0.2) is 12.0 Å². The zero-order valence-corrected chi connectivity index (χ0v) is 12.9. The monoisotopic (exact) mass is 343 g/mol. The number of alkyl halides is 3. The van der Waals surface area contributed by atoms with Gasteiger partial charge in [-0.1, -0.05) is 0 Å². The van der Waals surface area contributed by atoms with Crippen molar-refractivity contribution in [2.45, 2.75) is 24.8 Å². The average molecular weight is 343 g/mol. The van der Waals surface area contributed by atoms with E-state index in [0.29, 0.717) is 30.4 Å². The van der Waals surface area contributed by atoms with Gasteiger partial charge in [-0.25, -0.2) is 4.79 Å². The molecule has 0 unspecified atom stereocenters. The van der Waals surface area contributed by atoms with E-state index in [4.69, 9.17) is 4.18 Å². The minimum atomic E-state index is -4.53. The van der Waals surface area contributed by atoms with Crippen molar-refractivity contribution in [1.29, 1.82) is 5.26 Å². The van der Waals surface area contributed by atoms with Gasteiger partial charge in [-0.05, 0) is 43.0 Å². The third kappa shape index (κ3) is 4.20. The summed E-state index contributed by atoms with van der Waals surface area (Å²) in [5.74, 6) is -0.613. The average Bonchev–Trinajstić information content (AvgIpc) is 2.71. The van der Waals surface area contributed by atoms with Crippen molar-refractivity contribution in [3.63, 3.8) is 0 Å². The number of carbonyl (C=O) groups is 1. The van der Waals surface area contributed by atoms with Crippen LogP contribution in [0, 0.1) is 11.3 Å². The molecule has 0 aromatic heterocycles. The molecule has 4 nitrogen and oxygen atoms in total. The second kappa shape index (κ2) is 6.96. The Hall–Kier alpha value is -2.14. The van der Waals surface area contributed by atoms with E-state index in [-0.39, 0.29) is 16.9 Å². The van der Waals surface area contributed by atoms with E-state index in [2.05, 4.69) is 4.74 Å². The molecule has 8 heteroatoms. The maximum absolute atomic E-state index is 12.3. The molecule has 23 heavy (non-hydrogen) atoms. The molecule has 1 aliphatic rings. The summed E-state index contributed by atoms with van der Waals surface area (Å²) in [5, 5.41) is 9.18. The number of nitriles is 1. The smallest absolute Gasteiger partial charge is 0.465 e. The third-order valence-electron chi connectivity index (χ3n) is 3.24. The van der Waals surface area contributed by atoms with Crippen LogP contribution in [0.25, 0.3) is 5.76 Å². The molecule has 0 aliphatic heterocycles. The SMILES string of the molecule is COC(=O)c1cc2c(cc1C#N)C(OSC(F)(F)F)=CCCC2. The molecule has 0 fully saturated rings. The number of allylic oxidation sites excluding steroid dienone is 1. The number of esters is 1. The molecule has 0 saturated carbocycles. The van der Waals surface area contributed by atoms with Crippen molar-refractivity contribution in [3.05, 3.63) is 40.5 Å². The van der Waals surface area contributed by atoms with Crippen LogP contribution in [0.3, 0.4) is 0 Å². The summed E-state index contributed by atoms with van der Waals surface area (Å²) < 4.78 is 46.5. The molecule has 0 spiro atoms. The number of rotatable bonds is 3. The first-order valence-electron chi connectivity index (χ1n) is 6.64. The molecule has 1 aromatic rings. The zero-order valence-electron chi connectivity index (χ0n) is 12.1. The maximum Gasteiger partial charge on any atom is 0.479 e. The van der Waals surface area contributed by atoms with Gasteiger partial charge in [-0.3, -0.25) is 0 Å². The summed E-state index contributed by atoms with van der Waals surface area (Å²) in [6.45, 7) is 0. The largest absolute Gasteiger partial charge is 0.479 e. The number of halogens is 3. The van der Waals surface area contributed by atoms with Gasteiger partial charge in [0.2, 0.25) is 0 Å². The van der Waals surface area contributed by atoms with Gasteiger partial charge in [-0.15, -0.1) is 0 Å². The van der Waals surface area contributed by atoms with E-state index in [1.54, 1.807) is 6.08 Å². The number of fused-ring (bicyclic) bond motifs is 1. The minimum Gasteiger partial charge on any atom is -0.465 e. The van der Waals surface area contributed by atoms with Crippen molar-refractivity contribution < 1.29 is 26.9 Å². The molecule has 2 rings (SSSR count). The standard InChI is InChI=1S/C15H12F3NO3S/c1-21-14(20)12-6-9-4-2-3-5-13(22-23-15(16,17)18)11(9)7-10(12)8-19/h5-7H,2-4H2,1H3. The van der Waals surface area contributed by atoms with Crippen LogP contribution in [0.4, 0.5) is 13.2 Å². The summed E-state index contributed by atoms with van der Waals surface area (Å²) in [6.07, 6.45) is 3.36. The van der Waals surface area contributed by atoms with Crippen LogP contribution in [-0.4, -0.2) is 18.6 Å². The lowest BCUT2D eigenvalue weighted by atomic mass is 9.96. The fraction of sp³-hybridized carbons (Fsp3) is 0.333. The van der Waals surface area contributed by atoms with Gasteiger partial charge >= 0.3 is 11.5 Å². The lowest BCUT2D eigenvalue weighted by Gasteiger charge is -2.14. The Morgan fingerprint density at radius 1 is 1.39 bits per heavy atom. The Labute approximate surface area is 135 Å². The Morgan fingerprint density at radius 3 is 2.74 bits per heavy atom. The van der Waals surface area contributed by atoms with Gasteiger partial charge in [0.1, 0.15) is 11.8 Å². The van der Waals surface area contributed by atoms with Crippen molar-refractivity contribution in [2.75, 3.05) is 7.11 Å². The number of hydrogen-bond acceptors (Lipinski definition) is 5. The highest BCUT2D eigenvalue weighted by Crippen LogP contribution is 2.38. The van der Waals surface area contributed by atoms with E-state index in [0.717, 1.165) is 0 Å². The molecule has 1 aromatic carbocycles. The van der Waals surface area contributed by atoms with E-state index in [1.807, 2.05) is 6.07 Å². The number of nitrogens with zero attached hydrogens (tertiary/aromatic N) is 1. The summed E-state index contributed by atoms with van der Waals surface area (Å²) in [7, 11) is 1.20. The first-order valence-corrected chi connectivity index (χ1v) is 7.38. The van der Waals surface area contributed by atoms with E-state index in [9.17, 15) is 23.2 Å². The molecule has 0 heterocycles. The number of hydrogen-bond donors (Lipinski definition) is 0. The van der Waals surface area contributed by atoms with Gasteiger partial charge < -0.3 is 8.92 Å². The summed E-state index contributed by atoms with van der Waals surface area (Å²) in [4.78, 5) is 11.7. The van der Waals surface area contributed by atoms with Gasteiger partial charge in [0, 0.05) is 5.56 Å². The van der Waals surface area contributed by atoms with E-state index in [1.165, 1.54) is 19.2 Å². The van der Waals surface area contributed by atoms with E-state index < -0.39 is 23.5 Å². The van der Waals surface area contributed by atoms with Gasteiger partial charge in [0.25, 0.3) is 0 Å². The van der Waals surface area contributed by atoms with Crippen LogP contribution in [0.15, 0.2) is 18.2 Å². The van der Waals surface area contributed by atoms with Gasteiger partial charge in [0.05, 0.1) is 18.2 Å². The third-order valence-corrected chi connectivity index (χ3v) is 3.69. The number of carbonyl (C=O) groups excluding carboxylic acids is 1. The zero-order chi connectivity index (χ0) is 17.0. The Balaban J connectivity index is 2.45. The predicted octanol–water partition coefficient (Wildman–Crippen LogP) is 4.21. The molecule has 0 amide bonds. The van der Waals surface area contributed by atoms with Crippen molar-refractivity contribution in [1.82, 2.24) is 0 Å². The van der Waals surface area contributed by atoms with Crippen LogP contribution in [0.1, 0.15) is 39.9 Å². The number of methoxy groups -OCH3 is 1. The highest BCUT2D eigenvalue weighted by Gasteiger charge is 2.32. The second-order valence-corrected chi connectivity index (χ2v) is 5.53. The predicted molar refractivity (Wildman–Crippen MR) is 78.1 cm³/mol.